The van der Waals surface area contributed by atoms with Crippen LogP contribution in [0.2, 0.25) is 0 Å². The Kier molecular flexibility index (Phi) is 8.30. The zero-order valence-corrected chi connectivity index (χ0v) is 27.0. The molecule has 4 heterocycles. The maximum atomic E-state index is 5.37. The minimum Gasteiger partial charge on any atom is -0.780 e. The van der Waals surface area contributed by atoms with E-state index < -0.39 is 8.07 Å². The fourth-order valence-electron chi connectivity index (χ4n) is 6.33. The van der Waals surface area contributed by atoms with Crippen LogP contribution in [0.4, 0.5) is 0 Å². The van der Waals surface area contributed by atoms with Crippen molar-refractivity contribution in [2.75, 3.05) is 0 Å². The molecule has 3 aromatic heterocycles. The Bertz CT molecular complexity index is 1780. The van der Waals surface area contributed by atoms with Crippen LogP contribution in [0, 0.1) is 0 Å². The Hall–Kier alpha value is -3.70. The van der Waals surface area contributed by atoms with Crippen LogP contribution in [-0.2, 0) is 46.5 Å². The van der Waals surface area contributed by atoms with Crippen molar-refractivity contribution in [3.63, 3.8) is 0 Å². The minimum absolute atomic E-state index is 0. The first-order valence-corrected chi connectivity index (χ1v) is 16.5. The summed E-state index contributed by atoms with van der Waals surface area (Å²) in [5.41, 5.74) is 6.93. The van der Waals surface area contributed by atoms with Gasteiger partial charge in [-0.15, -0.1) is 0 Å². The Morgan fingerprint density at radius 1 is 0.643 bits per heavy atom. The molecule has 6 aromatic rings. The van der Waals surface area contributed by atoms with Crippen LogP contribution < -0.4 is 26.1 Å². The van der Waals surface area contributed by atoms with Crippen LogP contribution >= 0.6 is 0 Å². The maximum absolute atomic E-state index is 5.37. The molecule has 0 fully saturated rings. The number of nitrogens with zero attached hydrogens (tertiary/aromatic N) is 4. The Balaban J connectivity index is 0.000000349. The predicted octanol–water partition coefficient (Wildman–Crippen LogP) is 4.32. The molecule has 0 bridgehead atoms. The van der Waals surface area contributed by atoms with Crippen LogP contribution in [0.1, 0.15) is 24.1 Å². The molecule has 2 aliphatic rings. The zero-order chi connectivity index (χ0) is 27.6. The molecule has 8 rings (SSSR count). The summed E-state index contributed by atoms with van der Waals surface area (Å²) in [5, 5.41) is 14.1. The molecule has 3 aromatic carbocycles. The molecule has 4 nitrogen and oxygen atoms in total. The van der Waals surface area contributed by atoms with Gasteiger partial charge in [0, 0.05) is 28.2 Å². The third kappa shape index (κ3) is 4.88. The standard InChI is InChI=1S/C29H23N4Si.C6H6S.Pt/c1-4-13-23-22(12-1)29(33-32-23)24-14-9-18-28(31-24)34(27-17-7-8-19-30-27)25-15-5-2-10-20(25)21-11-3-6-16-26(21)34;7-6-4-2-1-3-5-6;/h2-3,5-11,14-19H,1,4,12-13H2;1-5,7H;/q-1;;+2/p-1. The van der Waals surface area contributed by atoms with Gasteiger partial charge >= 0.3 is 21.1 Å². The largest absolute Gasteiger partial charge is 2.00 e. The number of hydrogen-bond acceptors (Lipinski definition) is 4. The van der Waals surface area contributed by atoms with Crippen molar-refractivity contribution in [1.82, 2.24) is 20.2 Å². The van der Waals surface area contributed by atoms with E-state index in [2.05, 4.69) is 89.1 Å². The number of benzene rings is 3. The second-order valence-electron chi connectivity index (χ2n) is 10.5. The first-order valence-electron chi connectivity index (χ1n) is 14.1. The van der Waals surface area contributed by atoms with E-state index in [-0.39, 0.29) is 21.1 Å². The molecule has 0 unspecified atom stereocenters. The molecule has 208 valence electrons. The number of pyridine rings is 2. The number of rotatable bonds is 3. The second-order valence-corrected chi connectivity index (χ2v) is 14.5. The van der Waals surface area contributed by atoms with Crippen LogP contribution in [0.25, 0.3) is 22.5 Å². The summed E-state index contributed by atoms with van der Waals surface area (Å²) < 4.78 is 0. The van der Waals surface area contributed by atoms with E-state index in [0.717, 1.165) is 45.5 Å². The smallest absolute Gasteiger partial charge is 0.780 e. The average Bonchev–Trinajstić information content (AvgIpc) is 3.61. The van der Waals surface area contributed by atoms with Gasteiger partial charge in [0.25, 0.3) is 0 Å². The summed E-state index contributed by atoms with van der Waals surface area (Å²) >= 11 is 4.81. The normalized spacial score (nSPS) is 13.9. The fourth-order valence-corrected chi connectivity index (χ4v) is 11.3. The molecular weight excluding hydrogens is 732 g/mol. The summed E-state index contributed by atoms with van der Waals surface area (Å²) in [6.45, 7) is 0. The maximum Gasteiger partial charge on any atom is 2.00 e. The summed E-state index contributed by atoms with van der Waals surface area (Å²) in [4.78, 5) is 11.2. The number of aromatic nitrogens is 4. The second kappa shape index (κ2) is 12.3. The van der Waals surface area contributed by atoms with Crippen molar-refractivity contribution < 1.29 is 21.1 Å². The Labute approximate surface area is 267 Å². The molecule has 1 aliphatic heterocycles. The third-order valence-electron chi connectivity index (χ3n) is 8.12. The molecule has 0 saturated carbocycles. The van der Waals surface area contributed by atoms with Gasteiger partial charge < -0.3 is 22.8 Å². The van der Waals surface area contributed by atoms with Crippen molar-refractivity contribution >= 4 is 41.7 Å². The van der Waals surface area contributed by atoms with Gasteiger partial charge in [0.05, 0.1) is 0 Å². The van der Waals surface area contributed by atoms with Crippen molar-refractivity contribution in [1.29, 1.82) is 0 Å². The van der Waals surface area contributed by atoms with E-state index in [1.54, 1.807) is 0 Å². The molecule has 7 heteroatoms. The van der Waals surface area contributed by atoms with Crippen LogP contribution in [0.5, 0.6) is 0 Å². The van der Waals surface area contributed by atoms with Gasteiger partial charge in [0.2, 0.25) is 8.07 Å². The van der Waals surface area contributed by atoms with Gasteiger partial charge in [-0.1, -0.05) is 96.7 Å². The number of hydrogen-bond donors (Lipinski definition) is 0. The first-order chi connectivity index (χ1) is 20.3. The molecule has 0 spiro atoms. The van der Waals surface area contributed by atoms with E-state index in [9.17, 15) is 0 Å². The van der Waals surface area contributed by atoms with Crippen molar-refractivity contribution in [3.05, 3.63) is 133 Å². The third-order valence-corrected chi connectivity index (χ3v) is 13.0. The van der Waals surface area contributed by atoms with Crippen LogP contribution in [-0.4, -0.2) is 23.1 Å². The van der Waals surface area contributed by atoms with Crippen molar-refractivity contribution in [2.45, 2.75) is 30.6 Å². The summed E-state index contributed by atoms with van der Waals surface area (Å²) in [5.74, 6) is 0. The molecule has 0 amide bonds. The molecule has 1 aliphatic carbocycles. The van der Waals surface area contributed by atoms with Gasteiger partial charge in [-0.2, -0.15) is 4.90 Å². The topological polar surface area (TPSA) is 52.8 Å². The van der Waals surface area contributed by atoms with E-state index >= 15 is 0 Å². The van der Waals surface area contributed by atoms with Gasteiger partial charge in [-0.25, -0.2) is 0 Å². The van der Waals surface area contributed by atoms with E-state index in [1.165, 1.54) is 39.9 Å². The van der Waals surface area contributed by atoms with Gasteiger partial charge in [-0.3, -0.25) is 9.97 Å². The monoisotopic (exact) mass is 759 g/mol. The fraction of sp³-hybridized carbons (Fsp3) is 0.114. The van der Waals surface area contributed by atoms with Crippen LogP contribution in [0.15, 0.2) is 126 Å². The summed E-state index contributed by atoms with van der Waals surface area (Å²) in [6.07, 6.45) is 6.37. The molecule has 0 radical (unpaired) electrons. The predicted molar refractivity (Wildman–Crippen MR) is 170 cm³/mol. The van der Waals surface area contributed by atoms with Gasteiger partial charge in [0.1, 0.15) is 0 Å². The zero-order valence-electron chi connectivity index (χ0n) is 22.9. The average molecular weight is 760 g/mol. The summed E-state index contributed by atoms with van der Waals surface area (Å²) in [6, 6.07) is 40.0. The molecule has 0 N–H and O–H groups in total. The number of aryl methyl sites for hydroxylation is 1. The number of fused-ring (bicyclic) bond motifs is 4. The van der Waals surface area contributed by atoms with Gasteiger partial charge in [0.15, 0.2) is 0 Å². The van der Waals surface area contributed by atoms with Gasteiger partial charge in [-0.05, 0) is 77.0 Å². The van der Waals surface area contributed by atoms with Crippen LogP contribution in [0.3, 0.4) is 0 Å². The minimum atomic E-state index is -2.68. The van der Waals surface area contributed by atoms with E-state index in [4.69, 9.17) is 22.6 Å². The Morgan fingerprint density at radius 2 is 1.29 bits per heavy atom. The Morgan fingerprint density at radius 3 is 1.95 bits per heavy atom. The summed E-state index contributed by atoms with van der Waals surface area (Å²) in [7, 11) is -2.68. The SMILES string of the molecule is [Pt+2].[S-]c1ccccc1.c1ccc([Si]2(c3cccc(-c4[n-]nc5c4CCCC5)n3)c3ccccc3-c3ccccc32)nc1. The molecule has 0 atom stereocenters. The van der Waals surface area contributed by atoms with Crippen molar-refractivity contribution in [2.24, 2.45) is 0 Å². The van der Waals surface area contributed by atoms with E-state index in [1.807, 2.05) is 42.6 Å². The van der Waals surface area contributed by atoms with E-state index in [0.29, 0.717) is 0 Å². The molecule has 42 heavy (non-hydrogen) atoms. The quantitative estimate of drug-likeness (QED) is 0.199. The van der Waals surface area contributed by atoms with Crippen molar-refractivity contribution in [3.8, 4) is 22.5 Å². The molecular formula is C35H28N4PtSSi. The first kappa shape index (κ1) is 28.4. The molecule has 0 saturated heterocycles.